The van der Waals surface area contributed by atoms with Crippen LogP contribution >= 0.6 is 23.1 Å². The van der Waals surface area contributed by atoms with Crippen LogP contribution in [0.1, 0.15) is 41.8 Å². The molecule has 0 bridgehead atoms. The maximum Gasteiger partial charge on any atom is 0.258 e. The molecule has 0 fully saturated rings. The second-order valence-corrected chi connectivity index (χ2v) is 8.51. The van der Waals surface area contributed by atoms with Gasteiger partial charge in [0, 0.05) is 0 Å². The number of hydrogen-bond donors (Lipinski definition) is 1. The van der Waals surface area contributed by atoms with E-state index in [-0.39, 0.29) is 11.3 Å². The first-order chi connectivity index (χ1) is 13.3. The van der Waals surface area contributed by atoms with Gasteiger partial charge in [0.1, 0.15) is 18.7 Å². The molecule has 3 aromatic rings. The average Bonchev–Trinajstić information content (AvgIpc) is 3.22. The molecule has 8 heteroatoms. The number of nitrogens with zero attached hydrogens (tertiary/aromatic N) is 3. The molecule has 2 heterocycles. The van der Waals surface area contributed by atoms with Crippen LogP contribution in [0.2, 0.25) is 0 Å². The van der Waals surface area contributed by atoms with Crippen molar-refractivity contribution in [1.29, 1.82) is 0 Å². The van der Waals surface area contributed by atoms with Gasteiger partial charge in [0.25, 0.3) is 5.91 Å². The topological polar surface area (TPSA) is 91.0 Å². The fourth-order valence-electron chi connectivity index (χ4n) is 2.10. The first-order valence-corrected chi connectivity index (χ1v) is 10.7. The predicted octanol–water partition coefficient (Wildman–Crippen LogP) is 4.32. The molecule has 1 amide bonds. The van der Waals surface area contributed by atoms with E-state index in [1.807, 2.05) is 23.8 Å². The molecule has 2 N–H and O–H groups in total. The molecule has 1 aromatic carbocycles. The van der Waals surface area contributed by atoms with Crippen LogP contribution in [-0.2, 0) is 12.0 Å². The molecule has 0 aliphatic rings. The number of primary amides is 1. The normalized spacial score (nSPS) is 10.7. The molecule has 0 aliphatic heterocycles. The highest BCUT2D eigenvalue weighted by atomic mass is 32.2. The minimum Gasteiger partial charge on any atom is -0.486 e. The van der Waals surface area contributed by atoms with Gasteiger partial charge in [-0.1, -0.05) is 50.7 Å². The third-order valence-corrected chi connectivity index (χ3v) is 5.08. The summed E-state index contributed by atoms with van der Waals surface area (Å²) in [5, 5.41) is 2.53. The lowest BCUT2D eigenvalue weighted by Gasteiger charge is -2.19. The summed E-state index contributed by atoms with van der Waals surface area (Å²) >= 11 is 2.85. The highest BCUT2D eigenvalue weighted by Crippen LogP contribution is 2.24. The molecule has 3 rings (SSSR count). The van der Waals surface area contributed by atoms with Crippen LogP contribution in [0.3, 0.4) is 0 Å². The van der Waals surface area contributed by atoms with Crippen molar-refractivity contribution in [3.05, 3.63) is 64.4 Å². The molecule has 148 valence electrons. The minimum atomic E-state index is -0.347. The van der Waals surface area contributed by atoms with Gasteiger partial charge in [-0.2, -0.15) is 0 Å². The molecule has 2 aromatic heterocycles. The average molecular weight is 417 g/mol. The maximum absolute atomic E-state index is 10.3. The van der Waals surface area contributed by atoms with Crippen molar-refractivity contribution in [1.82, 2.24) is 15.0 Å². The lowest BCUT2D eigenvalue weighted by molar-refractivity contribution is 0.100. The molecule has 0 atom stereocenters. The highest BCUT2D eigenvalue weighted by molar-refractivity contribution is 7.98. The number of benzene rings is 1. The van der Waals surface area contributed by atoms with Gasteiger partial charge in [-0.3, -0.25) is 4.79 Å². The van der Waals surface area contributed by atoms with Crippen molar-refractivity contribution in [3.8, 4) is 5.75 Å². The van der Waals surface area contributed by atoms with Crippen LogP contribution in [0, 0.1) is 0 Å². The Kier molecular flexibility index (Phi) is 7.95. The van der Waals surface area contributed by atoms with E-state index in [4.69, 9.17) is 10.5 Å². The zero-order valence-corrected chi connectivity index (χ0v) is 18.0. The van der Waals surface area contributed by atoms with Crippen molar-refractivity contribution in [2.24, 2.45) is 5.73 Å². The summed E-state index contributed by atoms with van der Waals surface area (Å²) in [6, 6.07) is 11.7. The van der Waals surface area contributed by atoms with Gasteiger partial charge in [-0.25, -0.2) is 15.0 Å². The van der Waals surface area contributed by atoms with Gasteiger partial charge in [-0.15, -0.1) is 11.3 Å². The molecule has 6 nitrogen and oxygen atoms in total. The second-order valence-electron chi connectivity index (χ2n) is 6.79. The number of ether oxygens (including phenoxy) is 1. The third-order valence-electron chi connectivity index (χ3n) is 3.63. The van der Waals surface area contributed by atoms with Crippen molar-refractivity contribution in [2.45, 2.75) is 37.9 Å². The number of rotatable bonds is 5. The van der Waals surface area contributed by atoms with Crippen LogP contribution in [0.15, 0.2) is 53.3 Å². The Morgan fingerprint density at radius 3 is 2.39 bits per heavy atom. The van der Waals surface area contributed by atoms with Gasteiger partial charge >= 0.3 is 0 Å². The van der Waals surface area contributed by atoms with Crippen molar-refractivity contribution < 1.29 is 9.53 Å². The summed E-state index contributed by atoms with van der Waals surface area (Å²) in [7, 11) is 0. The molecule has 0 radical (unpaired) electrons. The van der Waals surface area contributed by atoms with Gasteiger partial charge < -0.3 is 10.5 Å². The number of carbonyl (C=O) groups is 1. The Balaban J connectivity index is 0.000000292. The summed E-state index contributed by atoms with van der Waals surface area (Å²) in [4.78, 5) is 23.3. The van der Waals surface area contributed by atoms with E-state index in [0.717, 1.165) is 5.75 Å². The number of carbonyl (C=O) groups excluding carboxylic acids is 1. The van der Waals surface area contributed by atoms with E-state index in [9.17, 15) is 4.79 Å². The van der Waals surface area contributed by atoms with Crippen molar-refractivity contribution in [2.75, 3.05) is 6.26 Å². The molecule has 0 spiro atoms. The number of thioether (sulfide) groups is 1. The summed E-state index contributed by atoms with van der Waals surface area (Å²) in [5.74, 6) is 1.12. The van der Waals surface area contributed by atoms with Gasteiger partial charge in [0.15, 0.2) is 11.0 Å². The molecular formula is C20H24N4O2S2. The van der Waals surface area contributed by atoms with Gasteiger partial charge in [0.05, 0.1) is 4.88 Å². The fourth-order valence-corrected chi connectivity index (χ4v) is 3.02. The first-order valence-electron chi connectivity index (χ1n) is 8.58. The Morgan fingerprint density at radius 2 is 1.89 bits per heavy atom. The number of thiophene rings is 1. The Morgan fingerprint density at radius 1 is 1.18 bits per heavy atom. The van der Waals surface area contributed by atoms with E-state index in [2.05, 4.69) is 47.9 Å². The Bertz CT molecular complexity index is 876. The summed E-state index contributed by atoms with van der Waals surface area (Å²) in [5.41, 5.74) is 6.37. The lowest BCUT2D eigenvalue weighted by Crippen LogP contribution is -2.10. The standard InChI is InChI=1S/C15H19N3OS.C5H5NOS/c1-15(2,3)11-5-7-12(8-6-11)19-9-13-16-10-17-14(18-13)20-4;6-5(7)4-2-1-3-8-4/h5-8,10H,9H2,1-4H3;1-3H,(H2,6,7). The van der Waals surface area contributed by atoms with E-state index in [0.29, 0.717) is 22.5 Å². The molecular weight excluding hydrogens is 392 g/mol. The van der Waals surface area contributed by atoms with E-state index >= 15 is 0 Å². The number of aromatic nitrogens is 3. The molecule has 0 saturated heterocycles. The number of hydrogen-bond acceptors (Lipinski definition) is 7. The zero-order valence-electron chi connectivity index (χ0n) is 16.4. The van der Waals surface area contributed by atoms with Crippen molar-refractivity contribution in [3.63, 3.8) is 0 Å². The van der Waals surface area contributed by atoms with Crippen LogP contribution in [0.4, 0.5) is 0 Å². The Hall–Kier alpha value is -2.45. The van der Waals surface area contributed by atoms with E-state index < -0.39 is 0 Å². The summed E-state index contributed by atoms with van der Waals surface area (Å²) < 4.78 is 5.70. The van der Waals surface area contributed by atoms with Crippen molar-refractivity contribution >= 4 is 29.0 Å². The largest absolute Gasteiger partial charge is 0.486 e. The first kappa shape index (κ1) is 21.8. The van der Waals surface area contributed by atoms with Crippen LogP contribution in [0.25, 0.3) is 0 Å². The molecule has 28 heavy (non-hydrogen) atoms. The highest BCUT2D eigenvalue weighted by Gasteiger charge is 2.13. The van der Waals surface area contributed by atoms with Gasteiger partial charge in [-0.05, 0) is 40.8 Å². The van der Waals surface area contributed by atoms with Gasteiger partial charge in [0.2, 0.25) is 0 Å². The monoisotopic (exact) mass is 416 g/mol. The number of amides is 1. The van der Waals surface area contributed by atoms with Crippen LogP contribution in [-0.4, -0.2) is 27.1 Å². The van der Waals surface area contributed by atoms with E-state index in [1.54, 1.807) is 12.1 Å². The van der Waals surface area contributed by atoms with Crippen LogP contribution in [0.5, 0.6) is 5.75 Å². The van der Waals surface area contributed by atoms with E-state index in [1.165, 1.54) is 35.0 Å². The summed E-state index contributed by atoms with van der Waals surface area (Å²) in [6.45, 7) is 6.93. The maximum atomic E-state index is 10.3. The molecule has 0 aliphatic carbocycles. The second kappa shape index (κ2) is 10.2. The zero-order chi connectivity index (χ0) is 20.6. The smallest absolute Gasteiger partial charge is 0.258 e. The number of nitrogens with two attached hydrogens (primary N) is 1. The summed E-state index contributed by atoms with van der Waals surface area (Å²) in [6.07, 6.45) is 3.45. The Labute approximate surface area is 173 Å². The third kappa shape index (κ3) is 6.94. The predicted molar refractivity (Wildman–Crippen MR) is 114 cm³/mol. The SMILES string of the molecule is CSc1ncnc(COc2ccc(C(C)(C)C)cc2)n1.NC(=O)c1cccs1. The van der Waals surface area contributed by atoms with Crippen LogP contribution < -0.4 is 10.5 Å². The molecule has 0 unspecified atom stereocenters. The minimum absolute atomic E-state index is 0.153. The molecule has 0 saturated carbocycles. The fraction of sp³-hybridized carbons (Fsp3) is 0.300. The quantitative estimate of drug-likeness (QED) is 0.623. The lowest BCUT2D eigenvalue weighted by atomic mass is 9.87.